The van der Waals surface area contributed by atoms with Crippen molar-refractivity contribution in [2.24, 2.45) is 41.2 Å². The van der Waals surface area contributed by atoms with E-state index in [0.29, 0.717) is 24.4 Å². The van der Waals surface area contributed by atoms with Crippen LogP contribution in [0.1, 0.15) is 77.8 Å². The minimum absolute atomic E-state index is 0.160. The summed E-state index contributed by atoms with van der Waals surface area (Å²) < 4.78 is 6.34. The van der Waals surface area contributed by atoms with Crippen LogP contribution in [-0.4, -0.2) is 42.2 Å². The highest BCUT2D eigenvalue weighted by molar-refractivity contribution is 5.76. The van der Waals surface area contributed by atoms with Gasteiger partial charge >= 0.3 is 0 Å². The second kappa shape index (κ2) is 16.3. The molecule has 1 aromatic rings. The predicted octanol–water partition coefficient (Wildman–Crippen LogP) is 5.64. The molecule has 3 rings (SSSR count). The van der Waals surface area contributed by atoms with Crippen molar-refractivity contribution in [3.05, 3.63) is 35.4 Å². The maximum Gasteiger partial charge on any atom is 0.221 e. The van der Waals surface area contributed by atoms with Crippen molar-refractivity contribution < 1.29 is 24.8 Å². The van der Waals surface area contributed by atoms with E-state index in [1.807, 2.05) is 38.1 Å². The van der Waals surface area contributed by atoms with E-state index in [-0.39, 0.29) is 12.0 Å². The van der Waals surface area contributed by atoms with Crippen molar-refractivity contribution in [2.75, 3.05) is 13.7 Å². The van der Waals surface area contributed by atoms with Crippen molar-refractivity contribution in [1.82, 2.24) is 0 Å². The van der Waals surface area contributed by atoms with Crippen LogP contribution in [0.25, 0.3) is 0 Å². The van der Waals surface area contributed by atoms with E-state index >= 15 is 0 Å². The molecular formula is C29H51NO5. The van der Waals surface area contributed by atoms with Crippen molar-refractivity contribution in [1.29, 1.82) is 0 Å². The first-order valence-corrected chi connectivity index (χ1v) is 13.4. The molecule has 6 heteroatoms. The third kappa shape index (κ3) is 10.6. The molecule has 1 amide bonds. The number of carbonyl (C=O) groups is 1. The third-order valence-corrected chi connectivity index (χ3v) is 8.08. The first-order valence-electron chi connectivity index (χ1n) is 13.4. The van der Waals surface area contributed by atoms with Gasteiger partial charge < -0.3 is 15.6 Å². The second-order valence-corrected chi connectivity index (χ2v) is 10.8. The minimum Gasteiger partial charge on any atom is -0.393 e. The van der Waals surface area contributed by atoms with E-state index in [4.69, 9.17) is 15.7 Å². The monoisotopic (exact) mass is 493 g/mol. The van der Waals surface area contributed by atoms with Crippen LogP contribution in [0.4, 0.5) is 0 Å². The standard InChI is InChI=1S/C19H36O2.C9H11NO.CH4O2/c1-6-12(2)19-15(5)17-9-7-13(3)16(10-8-14(4)20)18(17)11-21-19;1-7-2-4-8(5-3-7)6-9(10)11;1-3-2/h12-20H,6-11H2,1-5H3;2-5H,6H2,1H3,(H2,10,11);2H,1H3/t12?,13-,14?,15?,16?,17?,18?,19?;;/m1../s1. The zero-order valence-corrected chi connectivity index (χ0v) is 23.1. The van der Waals surface area contributed by atoms with E-state index in [1.54, 1.807) is 0 Å². The van der Waals surface area contributed by atoms with Gasteiger partial charge in [0.2, 0.25) is 5.91 Å². The quantitative estimate of drug-likeness (QED) is 0.337. The molecule has 0 radical (unpaired) electrons. The lowest BCUT2D eigenvalue weighted by molar-refractivity contribution is -0.214. The largest absolute Gasteiger partial charge is 0.393 e. The Balaban J connectivity index is 0.000000366. The molecule has 1 aromatic carbocycles. The Kier molecular flexibility index (Phi) is 14.7. The van der Waals surface area contributed by atoms with Gasteiger partial charge in [-0.3, -0.25) is 10.1 Å². The zero-order chi connectivity index (χ0) is 26.5. The first kappa shape index (κ1) is 31.6. The lowest BCUT2D eigenvalue weighted by Gasteiger charge is -2.51. The van der Waals surface area contributed by atoms with Crippen LogP contribution < -0.4 is 5.73 Å². The van der Waals surface area contributed by atoms with Gasteiger partial charge in [0.05, 0.1) is 32.3 Å². The molecule has 2 aliphatic rings. The summed E-state index contributed by atoms with van der Waals surface area (Å²) in [5.41, 5.74) is 7.19. The highest BCUT2D eigenvalue weighted by Gasteiger charge is 2.45. The van der Waals surface area contributed by atoms with Crippen molar-refractivity contribution >= 4 is 5.91 Å². The van der Waals surface area contributed by atoms with Gasteiger partial charge in [-0.2, -0.15) is 0 Å². The van der Waals surface area contributed by atoms with Gasteiger partial charge in [0, 0.05) is 0 Å². The van der Waals surface area contributed by atoms with Gasteiger partial charge in [-0.15, -0.1) is 0 Å². The third-order valence-electron chi connectivity index (χ3n) is 8.08. The van der Waals surface area contributed by atoms with Gasteiger partial charge in [-0.25, -0.2) is 4.89 Å². The lowest BCUT2D eigenvalue weighted by atomic mass is 9.60. The molecule has 1 heterocycles. The number of aliphatic hydroxyl groups excluding tert-OH is 1. The average molecular weight is 494 g/mol. The molecule has 1 aliphatic carbocycles. The van der Waals surface area contributed by atoms with E-state index in [2.05, 4.69) is 32.6 Å². The van der Waals surface area contributed by atoms with Crippen LogP contribution in [0.3, 0.4) is 0 Å². The summed E-state index contributed by atoms with van der Waals surface area (Å²) in [6.45, 7) is 14.3. The molecule has 202 valence electrons. The summed E-state index contributed by atoms with van der Waals surface area (Å²) in [4.78, 5) is 13.7. The number of primary amides is 1. The zero-order valence-electron chi connectivity index (χ0n) is 23.1. The van der Waals surface area contributed by atoms with Crippen molar-refractivity contribution in [3.63, 3.8) is 0 Å². The Hall–Kier alpha value is -1.47. The Morgan fingerprint density at radius 2 is 1.77 bits per heavy atom. The summed E-state index contributed by atoms with van der Waals surface area (Å²) in [6.07, 6.45) is 6.71. The Morgan fingerprint density at radius 1 is 1.17 bits per heavy atom. The summed E-state index contributed by atoms with van der Waals surface area (Å²) in [5.74, 6) is 4.20. The molecule has 7 unspecified atom stereocenters. The number of nitrogens with two attached hydrogens (primary N) is 1. The number of fused-ring (bicyclic) bond motifs is 1. The molecular weight excluding hydrogens is 442 g/mol. The fourth-order valence-corrected chi connectivity index (χ4v) is 5.89. The predicted molar refractivity (Wildman–Crippen MR) is 142 cm³/mol. The van der Waals surface area contributed by atoms with Crippen LogP contribution >= 0.6 is 0 Å². The molecule has 0 bridgehead atoms. The highest BCUT2D eigenvalue weighted by atomic mass is 17.1. The number of hydrogen-bond donors (Lipinski definition) is 3. The Labute approximate surface area is 213 Å². The summed E-state index contributed by atoms with van der Waals surface area (Å²) in [7, 11) is 1.18. The van der Waals surface area contributed by atoms with Crippen LogP contribution in [0.5, 0.6) is 0 Å². The normalized spacial score (nSPS) is 29.4. The Morgan fingerprint density at radius 3 is 2.29 bits per heavy atom. The summed E-state index contributed by atoms with van der Waals surface area (Å²) in [6, 6.07) is 7.77. The number of amides is 1. The molecule has 1 saturated carbocycles. The molecule has 0 aromatic heterocycles. The van der Waals surface area contributed by atoms with E-state index < -0.39 is 0 Å². The second-order valence-electron chi connectivity index (χ2n) is 10.8. The van der Waals surface area contributed by atoms with Crippen LogP contribution in [0, 0.1) is 42.4 Å². The fourth-order valence-electron chi connectivity index (χ4n) is 5.89. The number of benzene rings is 1. The highest BCUT2D eigenvalue weighted by Crippen LogP contribution is 2.49. The fraction of sp³-hybridized carbons (Fsp3) is 0.759. The molecule has 1 saturated heterocycles. The molecule has 4 N–H and O–H groups in total. The van der Waals surface area contributed by atoms with Gasteiger partial charge in [-0.05, 0) is 74.2 Å². The molecule has 1 aliphatic heterocycles. The maximum atomic E-state index is 10.5. The number of carbonyl (C=O) groups excluding carboxylic acids is 1. The van der Waals surface area contributed by atoms with E-state index in [1.165, 1.54) is 38.4 Å². The van der Waals surface area contributed by atoms with Crippen LogP contribution in [-0.2, 0) is 20.8 Å². The molecule has 35 heavy (non-hydrogen) atoms. The molecule has 8 atom stereocenters. The first-order chi connectivity index (χ1) is 16.5. The topological polar surface area (TPSA) is 102 Å². The van der Waals surface area contributed by atoms with E-state index in [9.17, 15) is 9.90 Å². The SMILES string of the molecule is CCC(C)C1OCC2C(CC[C@@H](C)C2CCC(C)O)C1C.COO.Cc1ccc(CC(N)=O)cc1. The van der Waals surface area contributed by atoms with Gasteiger partial charge in [0.25, 0.3) is 0 Å². The van der Waals surface area contributed by atoms with Gasteiger partial charge in [0.1, 0.15) is 0 Å². The van der Waals surface area contributed by atoms with Crippen molar-refractivity contribution in [3.8, 4) is 0 Å². The lowest BCUT2D eigenvalue weighted by Crippen LogP contribution is -2.49. The van der Waals surface area contributed by atoms with Crippen molar-refractivity contribution in [2.45, 2.75) is 92.3 Å². The average Bonchev–Trinajstić information content (AvgIpc) is 2.80. The smallest absolute Gasteiger partial charge is 0.221 e. The molecule has 6 nitrogen and oxygen atoms in total. The Bertz CT molecular complexity index is 708. The minimum atomic E-state index is -0.283. The number of aliphatic hydroxyl groups is 1. The maximum absolute atomic E-state index is 10.5. The molecule has 2 fully saturated rings. The number of hydrogen-bond acceptors (Lipinski definition) is 5. The van der Waals surface area contributed by atoms with Gasteiger partial charge in [-0.1, -0.05) is 70.4 Å². The van der Waals surface area contributed by atoms with Gasteiger partial charge in [0.15, 0.2) is 0 Å². The summed E-state index contributed by atoms with van der Waals surface area (Å²) >= 11 is 0. The van der Waals surface area contributed by atoms with Crippen LogP contribution in [0.15, 0.2) is 24.3 Å². The van der Waals surface area contributed by atoms with E-state index in [0.717, 1.165) is 42.3 Å². The number of rotatable bonds is 7. The summed E-state index contributed by atoms with van der Waals surface area (Å²) in [5, 5.41) is 16.7. The molecule has 0 spiro atoms. The number of ether oxygens (including phenoxy) is 1. The number of aryl methyl sites for hydroxylation is 1. The van der Waals surface area contributed by atoms with Crippen LogP contribution in [0.2, 0.25) is 0 Å².